The van der Waals surface area contributed by atoms with E-state index < -0.39 is 0 Å². The third-order valence-electron chi connectivity index (χ3n) is 2.74. The molecule has 16 heavy (non-hydrogen) atoms. The summed E-state index contributed by atoms with van der Waals surface area (Å²) in [5.74, 6) is 0. The Morgan fingerprint density at radius 2 is 1.81 bits per heavy atom. The Kier molecular flexibility index (Phi) is 6.14. The Morgan fingerprint density at radius 3 is 2.44 bits per heavy atom. The van der Waals surface area contributed by atoms with Crippen LogP contribution < -0.4 is 16.4 Å². The number of urea groups is 1. The van der Waals surface area contributed by atoms with Crippen LogP contribution in [-0.4, -0.2) is 75.2 Å². The van der Waals surface area contributed by atoms with E-state index in [1.54, 1.807) is 0 Å². The van der Waals surface area contributed by atoms with E-state index in [1.165, 1.54) is 0 Å². The van der Waals surface area contributed by atoms with Crippen LogP contribution in [-0.2, 0) is 0 Å². The Morgan fingerprint density at radius 1 is 1.19 bits per heavy atom. The van der Waals surface area contributed by atoms with E-state index in [1.807, 2.05) is 0 Å². The molecule has 2 amide bonds. The average Bonchev–Trinajstić information content (AvgIpc) is 2.29. The van der Waals surface area contributed by atoms with E-state index in [2.05, 4.69) is 27.5 Å². The number of carbonyl (C=O) groups excluding carboxylic acids is 1. The smallest absolute Gasteiger partial charge is 0.314 e. The Hall–Kier alpha value is -0.850. The van der Waals surface area contributed by atoms with Gasteiger partial charge in [-0.2, -0.15) is 0 Å². The molecule has 1 aliphatic heterocycles. The molecule has 1 saturated heterocycles. The van der Waals surface area contributed by atoms with Crippen molar-refractivity contribution >= 4 is 6.03 Å². The molecule has 6 heteroatoms. The van der Waals surface area contributed by atoms with Gasteiger partial charge in [-0.25, -0.2) is 4.79 Å². The predicted molar refractivity (Wildman–Crippen MR) is 64.4 cm³/mol. The Bertz CT molecular complexity index is 203. The lowest BCUT2D eigenvalue weighted by atomic mass is 10.3. The monoisotopic (exact) mass is 229 g/mol. The van der Waals surface area contributed by atoms with Gasteiger partial charge in [0.2, 0.25) is 0 Å². The van der Waals surface area contributed by atoms with Gasteiger partial charge in [-0.15, -0.1) is 0 Å². The molecule has 1 fully saturated rings. The molecule has 0 aliphatic carbocycles. The number of piperazine rings is 1. The van der Waals surface area contributed by atoms with E-state index in [0.717, 1.165) is 32.7 Å². The van der Waals surface area contributed by atoms with Crippen molar-refractivity contribution in [3.8, 4) is 0 Å². The second-order valence-corrected chi connectivity index (χ2v) is 4.12. The number of amides is 2. The fourth-order valence-corrected chi connectivity index (χ4v) is 1.65. The molecule has 0 saturated carbocycles. The fraction of sp³-hybridized carbons (Fsp3) is 0.900. The molecule has 0 aromatic heterocycles. The van der Waals surface area contributed by atoms with Crippen LogP contribution in [0.4, 0.5) is 4.79 Å². The van der Waals surface area contributed by atoms with E-state index in [-0.39, 0.29) is 6.03 Å². The highest BCUT2D eigenvalue weighted by atomic mass is 16.2. The van der Waals surface area contributed by atoms with E-state index in [0.29, 0.717) is 19.6 Å². The summed E-state index contributed by atoms with van der Waals surface area (Å²) in [6, 6.07) is -0.125. The van der Waals surface area contributed by atoms with Gasteiger partial charge in [-0.3, -0.25) is 4.90 Å². The topological polar surface area (TPSA) is 73.6 Å². The zero-order valence-electron chi connectivity index (χ0n) is 10.0. The van der Waals surface area contributed by atoms with E-state index >= 15 is 0 Å². The number of hydrogen-bond donors (Lipinski definition) is 3. The minimum Gasteiger partial charge on any atom is -0.337 e. The lowest BCUT2D eigenvalue weighted by Gasteiger charge is -2.32. The molecule has 4 N–H and O–H groups in total. The zero-order valence-corrected chi connectivity index (χ0v) is 10.0. The number of nitrogens with one attached hydrogen (secondary N) is 2. The Labute approximate surface area is 97.1 Å². The average molecular weight is 229 g/mol. The van der Waals surface area contributed by atoms with Crippen molar-refractivity contribution < 1.29 is 4.79 Å². The molecule has 0 bridgehead atoms. The predicted octanol–water partition coefficient (Wildman–Crippen LogP) is -1.51. The van der Waals surface area contributed by atoms with Crippen LogP contribution in [0.5, 0.6) is 0 Å². The quantitative estimate of drug-likeness (QED) is 0.536. The lowest BCUT2D eigenvalue weighted by molar-refractivity contribution is 0.155. The first kappa shape index (κ1) is 13.2. The van der Waals surface area contributed by atoms with Gasteiger partial charge in [0.05, 0.1) is 0 Å². The molecule has 1 rings (SSSR count). The fourth-order valence-electron chi connectivity index (χ4n) is 1.65. The second kappa shape index (κ2) is 7.43. The first-order valence-corrected chi connectivity index (χ1v) is 5.85. The van der Waals surface area contributed by atoms with Crippen LogP contribution in [0.25, 0.3) is 0 Å². The zero-order chi connectivity index (χ0) is 11.8. The SMILES string of the molecule is CN1CCN(CCNC(=O)NCCN)CC1. The Balaban J connectivity index is 2.00. The molecule has 1 aliphatic rings. The highest BCUT2D eigenvalue weighted by Crippen LogP contribution is 1.97. The summed E-state index contributed by atoms with van der Waals surface area (Å²) in [6.45, 7) is 7.01. The van der Waals surface area contributed by atoms with Crippen molar-refractivity contribution in [3.63, 3.8) is 0 Å². The summed E-state index contributed by atoms with van der Waals surface area (Å²) in [5, 5.41) is 5.49. The first-order chi connectivity index (χ1) is 7.72. The van der Waals surface area contributed by atoms with Crippen LogP contribution in [0.15, 0.2) is 0 Å². The minimum absolute atomic E-state index is 0.125. The van der Waals surface area contributed by atoms with Crippen LogP contribution in [0.2, 0.25) is 0 Å². The van der Waals surface area contributed by atoms with Crippen LogP contribution >= 0.6 is 0 Å². The minimum atomic E-state index is -0.125. The van der Waals surface area contributed by atoms with Crippen LogP contribution in [0.1, 0.15) is 0 Å². The van der Waals surface area contributed by atoms with Crippen molar-refractivity contribution in [2.24, 2.45) is 5.73 Å². The van der Waals surface area contributed by atoms with Gasteiger partial charge < -0.3 is 21.3 Å². The third-order valence-corrected chi connectivity index (χ3v) is 2.74. The lowest BCUT2D eigenvalue weighted by Crippen LogP contribution is -2.48. The van der Waals surface area contributed by atoms with Gasteiger partial charge in [-0.1, -0.05) is 0 Å². The largest absolute Gasteiger partial charge is 0.337 e. The molecule has 0 spiro atoms. The van der Waals surface area contributed by atoms with Gasteiger partial charge in [0.25, 0.3) is 0 Å². The van der Waals surface area contributed by atoms with Gasteiger partial charge >= 0.3 is 6.03 Å². The van der Waals surface area contributed by atoms with Gasteiger partial charge in [0, 0.05) is 52.4 Å². The molecular weight excluding hydrogens is 206 g/mol. The van der Waals surface area contributed by atoms with Crippen molar-refractivity contribution in [2.45, 2.75) is 0 Å². The number of likely N-dealkylation sites (N-methyl/N-ethyl adjacent to an activating group) is 1. The van der Waals surface area contributed by atoms with Gasteiger partial charge in [0.15, 0.2) is 0 Å². The summed E-state index contributed by atoms with van der Waals surface area (Å²) in [7, 11) is 2.13. The summed E-state index contributed by atoms with van der Waals surface area (Å²) >= 11 is 0. The van der Waals surface area contributed by atoms with E-state index in [9.17, 15) is 4.79 Å². The van der Waals surface area contributed by atoms with Gasteiger partial charge in [-0.05, 0) is 7.05 Å². The standard InChI is InChI=1S/C10H23N5O/c1-14-6-8-15(9-7-14)5-4-13-10(16)12-3-2-11/h2-9,11H2,1H3,(H2,12,13,16). The molecule has 0 radical (unpaired) electrons. The number of nitrogens with two attached hydrogens (primary N) is 1. The number of rotatable bonds is 5. The molecular formula is C10H23N5O. The molecule has 0 aromatic rings. The molecule has 0 aromatic carbocycles. The third kappa shape index (κ3) is 5.29. The molecule has 1 heterocycles. The first-order valence-electron chi connectivity index (χ1n) is 5.85. The second-order valence-electron chi connectivity index (χ2n) is 4.12. The maximum absolute atomic E-state index is 11.2. The summed E-state index contributed by atoms with van der Waals surface area (Å²) in [5.41, 5.74) is 5.28. The van der Waals surface area contributed by atoms with Crippen LogP contribution in [0, 0.1) is 0 Å². The normalized spacial score (nSPS) is 18.4. The maximum atomic E-state index is 11.2. The molecule has 0 unspecified atom stereocenters. The number of carbonyl (C=O) groups is 1. The van der Waals surface area contributed by atoms with E-state index in [4.69, 9.17) is 5.73 Å². The molecule has 6 nitrogen and oxygen atoms in total. The molecule has 94 valence electrons. The molecule has 0 atom stereocenters. The van der Waals surface area contributed by atoms with Gasteiger partial charge in [0.1, 0.15) is 0 Å². The highest BCUT2D eigenvalue weighted by molar-refractivity contribution is 5.73. The maximum Gasteiger partial charge on any atom is 0.314 e. The van der Waals surface area contributed by atoms with Crippen molar-refractivity contribution in [1.29, 1.82) is 0 Å². The van der Waals surface area contributed by atoms with Crippen LogP contribution in [0.3, 0.4) is 0 Å². The summed E-state index contributed by atoms with van der Waals surface area (Å²) in [6.07, 6.45) is 0. The summed E-state index contributed by atoms with van der Waals surface area (Å²) < 4.78 is 0. The number of hydrogen-bond acceptors (Lipinski definition) is 4. The van der Waals surface area contributed by atoms with Crippen molar-refractivity contribution in [3.05, 3.63) is 0 Å². The van der Waals surface area contributed by atoms with Crippen molar-refractivity contribution in [1.82, 2.24) is 20.4 Å². The highest BCUT2D eigenvalue weighted by Gasteiger charge is 2.12. The number of nitrogens with zero attached hydrogens (tertiary/aromatic N) is 2. The summed E-state index contributed by atoms with van der Waals surface area (Å²) in [4.78, 5) is 15.9. The van der Waals surface area contributed by atoms with Crippen molar-refractivity contribution in [2.75, 3.05) is 59.4 Å².